The minimum absolute atomic E-state index is 0. The Kier molecular flexibility index (Phi) is 176. The van der Waals surface area contributed by atoms with Crippen LogP contribution in [0, 0.1) is 0 Å². The third-order valence-electron chi connectivity index (χ3n) is 0. The van der Waals surface area contributed by atoms with Crippen LogP contribution in [-0.4, -0.2) is 0 Å². The molecule has 0 nitrogen and oxygen atoms in total. The van der Waals surface area contributed by atoms with Gasteiger partial charge in [0.05, 0.1) is 0 Å². The summed E-state index contributed by atoms with van der Waals surface area (Å²) >= 11 is 2.31. The van der Waals surface area contributed by atoms with E-state index in [1.807, 2.05) is 5.64 Å². The van der Waals surface area contributed by atoms with E-state index in [4.69, 9.17) is 0 Å². The second kappa shape index (κ2) is 33.2. The van der Waals surface area contributed by atoms with Crippen molar-refractivity contribution in [3.05, 3.63) is 0 Å². The Morgan fingerprint density at radius 2 is 1.20 bits per heavy atom. The molecule has 0 aliphatic heterocycles. The summed E-state index contributed by atoms with van der Waals surface area (Å²) in [6.45, 7) is 0. The van der Waals surface area contributed by atoms with E-state index in [2.05, 4.69) is 17.4 Å². The predicted molar refractivity (Wildman–Crippen MR) is 5.86 cm³/mol. The fraction of sp³-hybridized carbons (Fsp3) is 1.00. The Bertz CT molecular complexity index is 11.6. The van der Waals surface area contributed by atoms with Crippen LogP contribution in [0.25, 0.3) is 0 Å². The molecule has 0 atom stereocenters. The molecule has 0 aliphatic rings. The minimum atomic E-state index is 0. The maximum Gasteiger partial charge on any atom is 0 e. The van der Waals surface area contributed by atoms with E-state index >= 15 is 0 Å². The standard InChI is InChI=1S/CH3.Cr.Fe.V.W/h1H3;;;;. The van der Waals surface area contributed by atoms with Gasteiger partial charge in [0, 0.05) is 55.5 Å². The Morgan fingerprint density at radius 3 is 1.20 bits per heavy atom. The first-order chi connectivity index (χ1) is 1.00. The van der Waals surface area contributed by atoms with Crippen molar-refractivity contribution in [1.82, 2.24) is 0 Å². The zero-order valence-corrected chi connectivity index (χ0v) is 9.33. The Balaban J connectivity index is -0.00000000167. The molecule has 0 saturated carbocycles. The Labute approximate surface area is 77.7 Å². The molecule has 0 rings (SSSR count). The van der Waals surface area contributed by atoms with Gasteiger partial charge in [0.25, 0.3) is 0 Å². The van der Waals surface area contributed by atoms with Crippen LogP contribution in [0.4, 0.5) is 0 Å². The van der Waals surface area contributed by atoms with Gasteiger partial charge in [0.2, 0.25) is 0 Å². The zero-order valence-electron chi connectivity index (χ0n) is 2.62. The normalized spacial score (nSPS) is 1.00. The average Bonchev–Trinajstić information content (AvgIpc) is 1.00. The first-order valence-electron chi connectivity index (χ1n) is 0.447. The summed E-state index contributed by atoms with van der Waals surface area (Å²) in [6, 6.07) is 0. The molecule has 0 bridgehead atoms. The summed E-state index contributed by atoms with van der Waals surface area (Å²) in [6.07, 6.45) is 0. The molecule has 0 aromatic carbocycles. The molecule has 0 heterocycles. The second-order valence-electron chi connectivity index (χ2n) is 0. The molecule has 4 heteroatoms. The quantitative estimate of drug-likeness (QED) is 0.556. The van der Waals surface area contributed by atoms with E-state index in [0.717, 1.165) is 0 Å². The summed E-state index contributed by atoms with van der Waals surface area (Å²) < 4.78 is 0. The van der Waals surface area contributed by atoms with Gasteiger partial charge in [-0.3, -0.25) is 0 Å². The molecule has 0 aromatic heterocycles. The third kappa shape index (κ3) is 21.9. The zero-order chi connectivity index (χ0) is 2.00. The molecule has 0 aliphatic carbocycles. The first-order valence-corrected chi connectivity index (χ1v) is 1.84. The van der Waals surface area contributed by atoms with E-state index < -0.39 is 0 Å². The fourth-order valence-corrected chi connectivity index (χ4v) is 0. The summed E-state index contributed by atoms with van der Waals surface area (Å²) in [5.74, 6) is 0. The average molecular weight is 358 g/mol. The van der Waals surface area contributed by atoms with Gasteiger partial charge in [-0.15, -0.1) is 0 Å². The van der Waals surface area contributed by atoms with Crippen molar-refractivity contribution < 1.29 is 72.9 Å². The van der Waals surface area contributed by atoms with Gasteiger partial charge >= 0.3 is 23.1 Å². The predicted octanol–water partition coefficient (Wildman–Crippen LogP) is 0.574. The van der Waals surface area contributed by atoms with Crippen molar-refractivity contribution in [2.75, 3.05) is 0 Å². The molecular weight excluding hydrogens is 355 g/mol. The molecular formula is CH3CrFeVW. The molecule has 0 amide bonds. The first kappa shape index (κ1) is 26.5. The second-order valence-corrected chi connectivity index (χ2v) is 0. The van der Waals surface area contributed by atoms with Crippen LogP contribution in [0.5, 0.6) is 0 Å². The van der Waals surface area contributed by atoms with Gasteiger partial charge in [-0.1, -0.05) is 0 Å². The minimum Gasteiger partial charge on any atom is 0 e. The van der Waals surface area contributed by atoms with E-state index in [0.29, 0.717) is 0 Å². The van der Waals surface area contributed by atoms with Crippen LogP contribution < -0.4 is 0 Å². The maximum atomic E-state index is 2.31. The van der Waals surface area contributed by atoms with E-state index in [1.165, 1.54) is 0 Å². The van der Waals surface area contributed by atoms with Crippen molar-refractivity contribution in [2.45, 2.75) is 5.64 Å². The van der Waals surface area contributed by atoms with Crippen LogP contribution in [0.15, 0.2) is 0 Å². The van der Waals surface area contributed by atoms with Crippen LogP contribution in [0.1, 0.15) is 0 Å². The van der Waals surface area contributed by atoms with Crippen LogP contribution in [-0.2, 0) is 72.9 Å². The number of hydrogen-bond acceptors (Lipinski definition) is 0. The van der Waals surface area contributed by atoms with Gasteiger partial charge in [0.1, 0.15) is 0 Å². The van der Waals surface area contributed by atoms with Crippen LogP contribution in [0.3, 0.4) is 0 Å². The summed E-state index contributed by atoms with van der Waals surface area (Å²) in [4.78, 5) is 0. The smallest absolute Gasteiger partial charge is 0 e. The summed E-state index contributed by atoms with van der Waals surface area (Å²) in [5, 5.41) is 0. The summed E-state index contributed by atoms with van der Waals surface area (Å²) in [5.41, 5.74) is 1.94. The number of rotatable bonds is 0. The molecule has 0 fully saturated rings. The van der Waals surface area contributed by atoms with Gasteiger partial charge in [-0.2, -0.15) is 0 Å². The largest absolute Gasteiger partial charge is 0 e. The van der Waals surface area contributed by atoms with Gasteiger partial charge < -0.3 is 0 Å². The molecule has 0 radical (unpaired) electrons. The molecule has 0 N–H and O–H groups in total. The Morgan fingerprint density at radius 1 is 1.20 bits per heavy atom. The van der Waals surface area contributed by atoms with E-state index in [-0.39, 0.29) is 55.5 Å². The van der Waals surface area contributed by atoms with Crippen LogP contribution in [0.2, 0.25) is 5.64 Å². The molecule has 0 aromatic rings. The Hall–Kier alpha value is 2.32. The van der Waals surface area contributed by atoms with Gasteiger partial charge in [-0.05, 0) is 0 Å². The van der Waals surface area contributed by atoms with E-state index in [9.17, 15) is 0 Å². The maximum absolute atomic E-state index is 2.31. The van der Waals surface area contributed by atoms with Crippen molar-refractivity contribution in [1.29, 1.82) is 0 Å². The van der Waals surface area contributed by atoms with E-state index in [1.54, 1.807) is 0 Å². The third-order valence-corrected chi connectivity index (χ3v) is 0. The number of hydrogen-bond donors (Lipinski definition) is 0. The molecule has 5 heavy (non-hydrogen) atoms. The van der Waals surface area contributed by atoms with Crippen molar-refractivity contribution in [3.63, 3.8) is 0 Å². The molecule has 32 valence electrons. The fourth-order valence-electron chi connectivity index (χ4n) is 0. The molecule has 0 saturated heterocycles. The topological polar surface area (TPSA) is 0 Å². The van der Waals surface area contributed by atoms with Crippen molar-refractivity contribution >= 4 is 0 Å². The van der Waals surface area contributed by atoms with Gasteiger partial charge in [0.15, 0.2) is 0 Å². The summed E-state index contributed by atoms with van der Waals surface area (Å²) in [7, 11) is 0. The molecule has 0 unspecified atom stereocenters. The monoisotopic (exact) mass is 358 g/mol. The van der Waals surface area contributed by atoms with Crippen LogP contribution >= 0.6 is 0 Å². The van der Waals surface area contributed by atoms with Crippen molar-refractivity contribution in [3.8, 4) is 0 Å². The molecule has 0 spiro atoms. The van der Waals surface area contributed by atoms with Crippen molar-refractivity contribution in [2.24, 2.45) is 0 Å². The van der Waals surface area contributed by atoms with Gasteiger partial charge in [-0.25, -0.2) is 0 Å². The SMILES string of the molecule is [CH3][V].[Cr].[Fe].[W].